The van der Waals surface area contributed by atoms with Crippen molar-refractivity contribution in [2.24, 2.45) is 0 Å². The summed E-state index contributed by atoms with van der Waals surface area (Å²) in [6.07, 6.45) is 0. The quantitative estimate of drug-likeness (QED) is 0.871. The number of thioether (sulfide) groups is 1. The van der Waals surface area contributed by atoms with E-state index in [1.54, 1.807) is 6.92 Å². The van der Waals surface area contributed by atoms with Gasteiger partial charge in [-0.1, -0.05) is 11.2 Å². The first-order chi connectivity index (χ1) is 10.9. The fraction of sp³-hybridized carbons (Fsp3) is 0.375. The molecule has 0 saturated heterocycles. The average Bonchev–Trinajstić information content (AvgIpc) is 2.81. The molecule has 2 rings (SSSR count). The molecule has 0 unspecified atom stereocenters. The molecule has 0 bridgehead atoms. The summed E-state index contributed by atoms with van der Waals surface area (Å²) in [5, 5.41) is 6.63. The lowest BCUT2D eigenvalue weighted by Gasteiger charge is -2.14. The SMILES string of the molecule is Cc1noc(C)c1CSCC(=O)N[C@H](C)c1ccc(F)c(F)c1. The number of aromatic nitrogens is 1. The zero-order chi connectivity index (χ0) is 17.0. The van der Waals surface area contributed by atoms with E-state index in [9.17, 15) is 13.6 Å². The number of amides is 1. The molecule has 0 aliphatic carbocycles. The smallest absolute Gasteiger partial charge is 0.230 e. The molecule has 1 aromatic heterocycles. The van der Waals surface area contributed by atoms with Gasteiger partial charge in [0.1, 0.15) is 5.76 Å². The monoisotopic (exact) mass is 340 g/mol. The largest absolute Gasteiger partial charge is 0.361 e. The molecule has 7 heteroatoms. The zero-order valence-electron chi connectivity index (χ0n) is 13.2. The Labute approximate surface area is 137 Å². The van der Waals surface area contributed by atoms with E-state index in [0.717, 1.165) is 29.2 Å². The lowest BCUT2D eigenvalue weighted by atomic mass is 10.1. The van der Waals surface area contributed by atoms with Crippen molar-refractivity contribution in [3.05, 3.63) is 52.4 Å². The van der Waals surface area contributed by atoms with Crippen molar-refractivity contribution in [2.45, 2.75) is 32.6 Å². The third-order valence-electron chi connectivity index (χ3n) is 3.48. The Balaban J connectivity index is 1.83. The number of benzene rings is 1. The highest BCUT2D eigenvalue weighted by atomic mass is 32.2. The summed E-state index contributed by atoms with van der Waals surface area (Å²) < 4.78 is 31.2. The van der Waals surface area contributed by atoms with Gasteiger partial charge in [-0.2, -0.15) is 0 Å². The molecule has 1 aromatic carbocycles. The topological polar surface area (TPSA) is 55.1 Å². The minimum Gasteiger partial charge on any atom is -0.361 e. The first-order valence-electron chi connectivity index (χ1n) is 7.12. The summed E-state index contributed by atoms with van der Waals surface area (Å²) in [4.78, 5) is 11.9. The highest BCUT2D eigenvalue weighted by Crippen LogP contribution is 2.20. The van der Waals surface area contributed by atoms with E-state index in [0.29, 0.717) is 11.3 Å². The van der Waals surface area contributed by atoms with Gasteiger partial charge >= 0.3 is 0 Å². The van der Waals surface area contributed by atoms with Crippen LogP contribution >= 0.6 is 11.8 Å². The normalized spacial score (nSPS) is 12.2. The van der Waals surface area contributed by atoms with Gasteiger partial charge in [-0.15, -0.1) is 11.8 Å². The lowest BCUT2D eigenvalue weighted by Crippen LogP contribution is -2.28. The fourth-order valence-corrected chi connectivity index (χ4v) is 3.09. The highest BCUT2D eigenvalue weighted by molar-refractivity contribution is 7.99. The van der Waals surface area contributed by atoms with Crippen LogP contribution in [-0.2, 0) is 10.5 Å². The van der Waals surface area contributed by atoms with Gasteiger partial charge in [0, 0.05) is 11.3 Å². The Kier molecular flexibility index (Phi) is 5.76. The molecule has 2 aromatic rings. The first-order valence-corrected chi connectivity index (χ1v) is 8.27. The number of hydrogen-bond acceptors (Lipinski definition) is 4. The molecular formula is C16H18F2N2O2S. The van der Waals surface area contributed by atoms with Crippen LogP contribution in [0.2, 0.25) is 0 Å². The number of nitrogens with one attached hydrogen (secondary N) is 1. The molecule has 124 valence electrons. The van der Waals surface area contributed by atoms with Gasteiger partial charge in [0.15, 0.2) is 11.6 Å². The Hall–Kier alpha value is -1.89. The van der Waals surface area contributed by atoms with Crippen LogP contribution in [0.1, 0.15) is 35.5 Å². The highest BCUT2D eigenvalue weighted by Gasteiger charge is 2.13. The van der Waals surface area contributed by atoms with Crippen LogP contribution in [-0.4, -0.2) is 16.8 Å². The predicted molar refractivity (Wildman–Crippen MR) is 85.1 cm³/mol. The Morgan fingerprint density at radius 2 is 2.09 bits per heavy atom. The van der Waals surface area contributed by atoms with E-state index in [1.807, 2.05) is 13.8 Å². The maximum Gasteiger partial charge on any atom is 0.230 e. The molecule has 0 spiro atoms. The minimum absolute atomic E-state index is 0.168. The number of nitrogens with zero attached hydrogens (tertiary/aromatic N) is 1. The molecule has 0 saturated carbocycles. The van der Waals surface area contributed by atoms with Gasteiger partial charge in [0.05, 0.1) is 17.5 Å². The van der Waals surface area contributed by atoms with E-state index >= 15 is 0 Å². The van der Waals surface area contributed by atoms with Gasteiger partial charge in [-0.25, -0.2) is 8.78 Å². The molecule has 1 heterocycles. The summed E-state index contributed by atoms with van der Waals surface area (Å²) in [7, 11) is 0. The molecular weight excluding hydrogens is 322 g/mol. The molecule has 23 heavy (non-hydrogen) atoms. The van der Waals surface area contributed by atoms with Gasteiger partial charge in [0.2, 0.25) is 5.91 Å². The Morgan fingerprint density at radius 1 is 1.35 bits per heavy atom. The third-order valence-corrected chi connectivity index (χ3v) is 4.44. The molecule has 0 radical (unpaired) electrons. The number of hydrogen-bond donors (Lipinski definition) is 1. The van der Waals surface area contributed by atoms with Crippen molar-refractivity contribution in [3.8, 4) is 0 Å². The van der Waals surface area contributed by atoms with Crippen molar-refractivity contribution >= 4 is 17.7 Å². The van der Waals surface area contributed by atoms with E-state index in [1.165, 1.54) is 17.8 Å². The maximum absolute atomic E-state index is 13.2. The van der Waals surface area contributed by atoms with Crippen LogP contribution in [0.5, 0.6) is 0 Å². The molecule has 1 amide bonds. The van der Waals surface area contributed by atoms with E-state index < -0.39 is 17.7 Å². The van der Waals surface area contributed by atoms with E-state index in [-0.39, 0.29) is 11.7 Å². The summed E-state index contributed by atoms with van der Waals surface area (Å²) in [5.41, 5.74) is 2.34. The number of aryl methyl sites for hydroxylation is 2. The minimum atomic E-state index is -0.920. The lowest BCUT2D eigenvalue weighted by molar-refractivity contribution is -0.119. The van der Waals surface area contributed by atoms with Crippen molar-refractivity contribution in [1.82, 2.24) is 10.5 Å². The summed E-state index contributed by atoms with van der Waals surface area (Å²) in [6, 6.07) is 3.22. The van der Waals surface area contributed by atoms with Crippen LogP contribution in [0.15, 0.2) is 22.7 Å². The van der Waals surface area contributed by atoms with Crippen LogP contribution in [0.4, 0.5) is 8.78 Å². The third kappa shape index (κ3) is 4.54. The van der Waals surface area contributed by atoms with Crippen LogP contribution < -0.4 is 5.32 Å². The molecule has 0 aliphatic heterocycles. The van der Waals surface area contributed by atoms with Crippen LogP contribution in [0, 0.1) is 25.5 Å². The fourth-order valence-electron chi connectivity index (χ4n) is 2.10. The van der Waals surface area contributed by atoms with Crippen molar-refractivity contribution < 1.29 is 18.1 Å². The first kappa shape index (κ1) is 17.5. The number of rotatable bonds is 6. The molecule has 0 fully saturated rings. The zero-order valence-corrected chi connectivity index (χ0v) is 14.0. The average molecular weight is 340 g/mol. The molecule has 1 atom stereocenters. The van der Waals surface area contributed by atoms with Crippen molar-refractivity contribution in [1.29, 1.82) is 0 Å². The summed E-state index contributed by atoms with van der Waals surface area (Å²) in [5.74, 6) is -0.338. The number of carbonyl (C=O) groups excluding carboxylic acids is 1. The molecule has 0 aliphatic rings. The van der Waals surface area contributed by atoms with Crippen molar-refractivity contribution in [3.63, 3.8) is 0 Å². The van der Waals surface area contributed by atoms with Crippen LogP contribution in [0.25, 0.3) is 0 Å². The summed E-state index contributed by atoms with van der Waals surface area (Å²) in [6.45, 7) is 5.42. The van der Waals surface area contributed by atoms with Crippen molar-refractivity contribution in [2.75, 3.05) is 5.75 Å². The van der Waals surface area contributed by atoms with Gasteiger partial charge in [0.25, 0.3) is 0 Å². The van der Waals surface area contributed by atoms with Gasteiger partial charge in [-0.3, -0.25) is 4.79 Å². The number of carbonyl (C=O) groups is 1. The maximum atomic E-state index is 13.2. The summed E-state index contributed by atoms with van der Waals surface area (Å²) >= 11 is 1.44. The second-order valence-electron chi connectivity index (χ2n) is 5.26. The van der Waals surface area contributed by atoms with Gasteiger partial charge < -0.3 is 9.84 Å². The second kappa shape index (κ2) is 7.59. The predicted octanol–water partition coefficient (Wildman–Crippen LogP) is 3.68. The molecule has 4 nitrogen and oxygen atoms in total. The van der Waals surface area contributed by atoms with E-state index in [2.05, 4.69) is 10.5 Å². The van der Waals surface area contributed by atoms with Gasteiger partial charge in [-0.05, 0) is 38.5 Å². The van der Waals surface area contributed by atoms with Crippen LogP contribution in [0.3, 0.4) is 0 Å². The molecule has 1 N–H and O–H groups in total. The Morgan fingerprint density at radius 3 is 2.70 bits per heavy atom. The second-order valence-corrected chi connectivity index (χ2v) is 6.24. The standard InChI is InChI=1S/C16H18F2N2O2S/c1-9(12-4-5-14(17)15(18)6-12)19-16(21)8-23-7-13-10(2)20-22-11(13)3/h4-6,9H,7-8H2,1-3H3,(H,19,21)/t9-/m1/s1. The van der Waals surface area contributed by atoms with E-state index in [4.69, 9.17) is 4.52 Å². The Bertz CT molecular complexity index is 684. The number of halogens is 2.